The molecule has 3 atom stereocenters. The maximum Gasteiger partial charge on any atom is 0.251 e. The van der Waals surface area contributed by atoms with Gasteiger partial charge in [-0.25, -0.2) is 0 Å². The minimum absolute atomic E-state index is 0.123. The summed E-state index contributed by atoms with van der Waals surface area (Å²) in [4.78, 5) is 19.3. The van der Waals surface area contributed by atoms with Crippen LogP contribution in [-0.4, -0.2) is 84.4 Å². The number of piperazine rings is 1. The summed E-state index contributed by atoms with van der Waals surface area (Å²) in [6.07, 6.45) is 1.77. The number of hydrogen-bond acceptors (Lipinski definition) is 6. The van der Waals surface area contributed by atoms with Crippen LogP contribution in [0.25, 0.3) is 0 Å². The van der Waals surface area contributed by atoms with E-state index >= 15 is 0 Å². The monoisotopic (exact) mass is 345 g/mol. The molecule has 3 saturated heterocycles. The van der Waals surface area contributed by atoms with Gasteiger partial charge >= 0.3 is 0 Å². The van der Waals surface area contributed by atoms with Crippen LogP contribution in [0.1, 0.15) is 18.5 Å². The highest BCUT2D eigenvalue weighted by molar-refractivity contribution is 5.81. The van der Waals surface area contributed by atoms with E-state index in [0.717, 1.165) is 63.6 Å². The molecule has 0 saturated carbocycles. The largest absolute Gasteiger partial charge is 0.363 e. The van der Waals surface area contributed by atoms with Gasteiger partial charge in [0, 0.05) is 39.3 Å². The van der Waals surface area contributed by atoms with Crippen LogP contribution in [-0.2, 0) is 9.53 Å². The first-order valence-electron chi connectivity index (χ1n) is 9.28. The van der Waals surface area contributed by atoms with E-state index in [9.17, 15) is 4.79 Å². The number of aryl methyl sites for hydroxylation is 1. The zero-order valence-corrected chi connectivity index (χ0v) is 15.1. The van der Waals surface area contributed by atoms with Gasteiger partial charge in [-0.3, -0.25) is 4.79 Å². The smallest absolute Gasteiger partial charge is 0.251 e. The van der Waals surface area contributed by atoms with E-state index in [2.05, 4.69) is 27.0 Å². The van der Waals surface area contributed by atoms with Gasteiger partial charge in [-0.1, -0.05) is 0 Å². The average Bonchev–Trinajstić information content (AvgIpc) is 3.05. The first-order chi connectivity index (χ1) is 12.1. The molecule has 1 amide bonds. The molecular weight excluding hydrogens is 318 g/mol. The number of rotatable bonds is 2. The molecule has 1 aromatic rings. The van der Waals surface area contributed by atoms with Gasteiger partial charge in [-0.2, -0.15) is 5.10 Å². The van der Waals surface area contributed by atoms with Crippen molar-refractivity contribution in [3.8, 4) is 0 Å². The number of likely N-dealkylation sites (N-methyl/N-ethyl adjacent to an activating group) is 1. The molecule has 4 heterocycles. The summed E-state index contributed by atoms with van der Waals surface area (Å²) in [5.41, 5.74) is 0.925. The van der Waals surface area contributed by atoms with Crippen LogP contribution in [0.5, 0.6) is 0 Å². The van der Waals surface area contributed by atoms with Crippen LogP contribution in [0, 0.1) is 12.8 Å². The number of piperidine rings is 1. The summed E-state index contributed by atoms with van der Waals surface area (Å²) < 4.78 is 6.19. The lowest BCUT2D eigenvalue weighted by molar-refractivity contribution is -0.144. The molecule has 0 radical (unpaired) electrons. The number of fused-ring (bicyclic) bond motifs is 1. The second kappa shape index (κ2) is 6.88. The third-order valence-electron chi connectivity index (χ3n) is 5.75. The van der Waals surface area contributed by atoms with Crippen LogP contribution < -0.4 is 4.90 Å². The molecular formula is C18H27N5O2. The van der Waals surface area contributed by atoms with Gasteiger partial charge in [0.25, 0.3) is 5.91 Å². The SMILES string of the molecule is Cc1ccc(N2CC[C@@H]3C[C@@H](C(=O)N4CCN(C)CC4)O[C@@H]3C2)nn1. The molecule has 4 rings (SSSR count). The molecule has 25 heavy (non-hydrogen) atoms. The van der Waals surface area contributed by atoms with Crippen molar-refractivity contribution in [2.45, 2.75) is 32.0 Å². The van der Waals surface area contributed by atoms with Crippen LogP contribution in [0.4, 0.5) is 5.82 Å². The maximum atomic E-state index is 12.8. The van der Waals surface area contributed by atoms with Crippen LogP contribution in [0.15, 0.2) is 12.1 Å². The van der Waals surface area contributed by atoms with Crippen molar-refractivity contribution in [2.24, 2.45) is 5.92 Å². The van der Waals surface area contributed by atoms with Crippen molar-refractivity contribution in [3.05, 3.63) is 17.8 Å². The zero-order chi connectivity index (χ0) is 17.4. The molecule has 0 unspecified atom stereocenters. The number of carbonyl (C=O) groups excluding carboxylic acids is 1. The van der Waals surface area contributed by atoms with E-state index in [0.29, 0.717) is 5.92 Å². The molecule has 1 aromatic heterocycles. The van der Waals surface area contributed by atoms with E-state index in [1.165, 1.54) is 0 Å². The molecule has 0 aliphatic carbocycles. The number of aromatic nitrogens is 2. The van der Waals surface area contributed by atoms with Crippen LogP contribution >= 0.6 is 0 Å². The summed E-state index contributed by atoms with van der Waals surface area (Å²) in [5.74, 6) is 1.57. The summed E-state index contributed by atoms with van der Waals surface area (Å²) in [6.45, 7) is 7.23. The fourth-order valence-electron chi connectivity index (χ4n) is 4.09. The van der Waals surface area contributed by atoms with Crippen molar-refractivity contribution in [1.29, 1.82) is 0 Å². The molecule has 3 aliphatic heterocycles. The fraction of sp³-hybridized carbons (Fsp3) is 0.722. The van der Waals surface area contributed by atoms with Gasteiger partial charge in [0.2, 0.25) is 0 Å². The second-order valence-corrected chi connectivity index (χ2v) is 7.56. The summed E-state index contributed by atoms with van der Waals surface area (Å²) in [7, 11) is 2.10. The number of nitrogens with zero attached hydrogens (tertiary/aromatic N) is 5. The Labute approximate surface area is 148 Å². The normalized spacial score (nSPS) is 30.4. The Morgan fingerprint density at radius 3 is 2.68 bits per heavy atom. The molecule has 3 fully saturated rings. The molecule has 3 aliphatic rings. The van der Waals surface area contributed by atoms with Crippen molar-refractivity contribution in [3.63, 3.8) is 0 Å². The Bertz CT molecular complexity index is 614. The average molecular weight is 345 g/mol. The van der Waals surface area contributed by atoms with Gasteiger partial charge in [0.1, 0.15) is 6.10 Å². The molecule has 0 N–H and O–H groups in total. The molecule has 0 spiro atoms. The summed E-state index contributed by atoms with van der Waals surface area (Å²) in [5, 5.41) is 8.44. The number of amides is 1. The Morgan fingerprint density at radius 2 is 1.96 bits per heavy atom. The first-order valence-corrected chi connectivity index (χ1v) is 9.28. The lowest BCUT2D eigenvalue weighted by Gasteiger charge is -2.35. The van der Waals surface area contributed by atoms with Crippen LogP contribution in [0.3, 0.4) is 0 Å². The van der Waals surface area contributed by atoms with E-state index in [-0.39, 0.29) is 18.1 Å². The Hall–Kier alpha value is -1.73. The lowest BCUT2D eigenvalue weighted by Crippen LogP contribution is -2.50. The molecule has 0 bridgehead atoms. The van der Waals surface area contributed by atoms with E-state index in [1.807, 2.05) is 24.0 Å². The number of anilines is 1. The van der Waals surface area contributed by atoms with Gasteiger partial charge in [0.05, 0.1) is 11.8 Å². The predicted molar refractivity (Wildman–Crippen MR) is 94.4 cm³/mol. The number of hydrogen-bond donors (Lipinski definition) is 0. The van der Waals surface area contributed by atoms with Crippen molar-refractivity contribution < 1.29 is 9.53 Å². The van der Waals surface area contributed by atoms with Crippen molar-refractivity contribution in [2.75, 3.05) is 51.2 Å². The van der Waals surface area contributed by atoms with Crippen molar-refractivity contribution >= 4 is 11.7 Å². The standard InChI is InChI=1S/C18H27N5O2/c1-13-3-4-17(20-19-13)23-6-5-14-11-15(25-16(14)12-23)18(24)22-9-7-21(2)8-10-22/h3-4,14-16H,5-12H2,1-2H3/t14-,15+,16-/m1/s1. The molecule has 7 heteroatoms. The fourth-order valence-corrected chi connectivity index (χ4v) is 4.09. The highest BCUT2D eigenvalue weighted by atomic mass is 16.5. The Balaban J connectivity index is 1.36. The van der Waals surface area contributed by atoms with Gasteiger partial charge in [-0.05, 0) is 44.9 Å². The maximum absolute atomic E-state index is 12.8. The molecule has 0 aromatic carbocycles. The van der Waals surface area contributed by atoms with Crippen molar-refractivity contribution in [1.82, 2.24) is 20.0 Å². The second-order valence-electron chi connectivity index (χ2n) is 7.56. The van der Waals surface area contributed by atoms with E-state index < -0.39 is 0 Å². The predicted octanol–water partition coefficient (Wildman–Crippen LogP) is 0.543. The van der Waals surface area contributed by atoms with Gasteiger partial charge in [0.15, 0.2) is 5.82 Å². The third-order valence-corrected chi connectivity index (χ3v) is 5.75. The summed E-state index contributed by atoms with van der Waals surface area (Å²) >= 11 is 0. The first kappa shape index (κ1) is 16.7. The minimum atomic E-state index is -0.262. The molecule has 136 valence electrons. The topological polar surface area (TPSA) is 61.8 Å². The lowest BCUT2D eigenvalue weighted by atomic mass is 9.91. The highest BCUT2D eigenvalue weighted by Gasteiger charge is 2.43. The number of ether oxygens (including phenoxy) is 1. The summed E-state index contributed by atoms with van der Waals surface area (Å²) in [6, 6.07) is 4.01. The highest BCUT2D eigenvalue weighted by Crippen LogP contribution is 2.35. The number of carbonyl (C=O) groups is 1. The zero-order valence-electron chi connectivity index (χ0n) is 15.1. The van der Waals surface area contributed by atoms with Gasteiger partial charge < -0.3 is 19.4 Å². The minimum Gasteiger partial charge on any atom is -0.363 e. The van der Waals surface area contributed by atoms with Crippen LogP contribution in [0.2, 0.25) is 0 Å². The quantitative estimate of drug-likeness (QED) is 0.780. The third kappa shape index (κ3) is 3.48. The van der Waals surface area contributed by atoms with E-state index in [4.69, 9.17) is 4.74 Å². The van der Waals surface area contributed by atoms with E-state index in [1.54, 1.807) is 0 Å². The van der Waals surface area contributed by atoms with Gasteiger partial charge in [-0.15, -0.1) is 5.10 Å². The Kier molecular flexibility index (Phi) is 4.60. The molecule has 7 nitrogen and oxygen atoms in total. The Morgan fingerprint density at radius 1 is 1.16 bits per heavy atom.